The first kappa shape index (κ1) is 29.2. The van der Waals surface area contributed by atoms with Crippen LogP contribution in [0.5, 0.6) is 0 Å². The highest BCUT2D eigenvalue weighted by Crippen LogP contribution is 2.25. The second-order valence-electron chi connectivity index (χ2n) is 9.21. The Morgan fingerprint density at radius 2 is 1.68 bits per heavy atom. The number of nitrogens with one attached hydrogen (secondary N) is 1. The second kappa shape index (κ2) is 12.4. The van der Waals surface area contributed by atoms with E-state index in [2.05, 4.69) is 5.32 Å². The molecule has 8 nitrogen and oxygen atoms in total. The first-order valence-electron chi connectivity index (χ1n) is 11.9. The monoisotopic (exact) mass is 572 g/mol. The summed E-state index contributed by atoms with van der Waals surface area (Å²) in [4.78, 5) is 28.1. The molecule has 0 unspecified atom stereocenters. The van der Waals surface area contributed by atoms with Gasteiger partial charge in [-0.3, -0.25) is 9.59 Å². The maximum Gasteiger partial charge on any atom is 0.304 e. The molecule has 1 fully saturated rings. The van der Waals surface area contributed by atoms with Gasteiger partial charge < -0.3 is 10.2 Å². The van der Waals surface area contributed by atoms with E-state index in [4.69, 9.17) is 23.2 Å². The fourth-order valence-electron chi connectivity index (χ4n) is 4.13. The van der Waals surface area contributed by atoms with E-state index in [0.29, 0.717) is 10.6 Å². The molecule has 0 aliphatic heterocycles. The van der Waals surface area contributed by atoms with Gasteiger partial charge in [-0.15, -0.1) is 0 Å². The summed E-state index contributed by atoms with van der Waals surface area (Å²) in [6, 6.07) is 8.80. The standard InChI is InChI=1S/C25H31Cl2FN4O4S/c1-17(25(34)29-20-6-4-5-7-20)31(15-18-8-13-22(26)23(27)14-18)24(33)16-32(37(35,36)30(2)3)21-11-9-19(28)10-12-21/h8-14,17,20H,4-7,15-16H2,1-3H3,(H,29,34)/t17-/m1/s1. The number of halogens is 3. The highest BCUT2D eigenvalue weighted by Gasteiger charge is 2.33. The second-order valence-corrected chi connectivity index (χ2v) is 12.1. The van der Waals surface area contributed by atoms with Crippen molar-refractivity contribution in [3.63, 3.8) is 0 Å². The first-order chi connectivity index (χ1) is 17.4. The van der Waals surface area contributed by atoms with Crippen LogP contribution in [0.25, 0.3) is 0 Å². The molecule has 0 heterocycles. The van der Waals surface area contributed by atoms with Crippen LogP contribution in [0.3, 0.4) is 0 Å². The fourth-order valence-corrected chi connectivity index (χ4v) is 5.51. The number of carbonyl (C=O) groups excluding carboxylic acids is 2. The van der Waals surface area contributed by atoms with Gasteiger partial charge >= 0.3 is 10.2 Å². The molecule has 1 saturated carbocycles. The molecule has 1 N–H and O–H groups in total. The van der Waals surface area contributed by atoms with Gasteiger partial charge in [0.2, 0.25) is 11.8 Å². The predicted octanol–water partition coefficient (Wildman–Crippen LogP) is 4.22. The van der Waals surface area contributed by atoms with Crippen molar-refractivity contribution in [2.45, 2.75) is 51.2 Å². The van der Waals surface area contributed by atoms with Gasteiger partial charge in [0, 0.05) is 26.7 Å². The average molecular weight is 574 g/mol. The topological polar surface area (TPSA) is 90.0 Å². The summed E-state index contributed by atoms with van der Waals surface area (Å²) in [7, 11) is -1.46. The summed E-state index contributed by atoms with van der Waals surface area (Å²) < 4.78 is 41.6. The molecular weight excluding hydrogens is 542 g/mol. The van der Waals surface area contributed by atoms with Gasteiger partial charge in [-0.1, -0.05) is 42.1 Å². The van der Waals surface area contributed by atoms with E-state index in [1.165, 1.54) is 31.1 Å². The Bertz CT molecular complexity index is 1220. The number of nitrogens with zero attached hydrogens (tertiary/aromatic N) is 3. The quantitative estimate of drug-likeness (QED) is 0.461. The molecule has 2 amide bonds. The average Bonchev–Trinajstić information content (AvgIpc) is 3.36. The molecule has 202 valence electrons. The molecule has 2 aromatic rings. The Morgan fingerprint density at radius 1 is 1.05 bits per heavy atom. The van der Waals surface area contributed by atoms with E-state index in [0.717, 1.165) is 46.4 Å². The number of rotatable bonds is 10. The molecule has 2 aromatic carbocycles. The lowest BCUT2D eigenvalue weighted by atomic mass is 10.1. The Morgan fingerprint density at radius 3 is 2.24 bits per heavy atom. The predicted molar refractivity (Wildman–Crippen MR) is 143 cm³/mol. The maximum atomic E-state index is 13.7. The minimum absolute atomic E-state index is 0.00571. The SMILES string of the molecule is C[C@H](C(=O)NC1CCCC1)N(Cc1ccc(Cl)c(Cl)c1)C(=O)CN(c1ccc(F)cc1)S(=O)(=O)N(C)C. The lowest BCUT2D eigenvalue weighted by Gasteiger charge is -2.33. The van der Waals surface area contributed by atoms with E-state index >= 15 is 0 Å². The Kier molecular flexibility index (Phi) is 9.80. The molecule has 0 spiro atoms. The number of hydrogen-bond donors (Lipinski definition) is 1. The fraction of sp³-hybridized carbons (Fsp3) is 0.440. The summed E-state index contributed by atoms with van der Waals surface area (Å²) in [5, 5.41) is 3.63. The van der Waals surface area contributed by atoms with Gasteiger partial charge in [0.25, 0.3) is 0 Å². The van der Waals surface area contributed by atoms with E-state index < -0.39 is 34.5 Å². The zero-order valence-electron chi connectivity index (χ0n) is 21.0. The summed E-state index contributed by atoms with van der Waals surface area (Å²) in [5.41, 5.74) is 0.730. The van der Waals surface area contributed by atoms with Gasteiger partial charge in [0.15, 0.2) is 0 Å². The highest BCUT2D eigenvalue weighted by molar-refractivity contribution is 7.90. The van der Waals surface area contributed by atoms with Crippen molar-refractivity contribution in [3.8, 4) is 0 Å². The van der Waals surface area contributed by atoms with Crippen molar-refractivity contribution in [3.05, 3.63) is 63.9 Å². The lowest BCUT2D eigenvalue weighted by Crippen LogP contribution is -2.53. The smallest absolute Gasteiger partial charge is 0.304 e. The third-order valence-corrected chi connectivity index (χ3v) is 8.90. The van der Waals surface area contributed by atoms with Crippen LogP contribution in [0.1, 0.15) is 38.2 Å². The zero-order valence-corrected chi connectivity index (χ0v) is 23.3. The van der Waals surface area contributed by atoms with Crippen LogP contribution in [0.2, 0.25) is 10.0 Å². The summed E-state index contributed by atoms with van der Waals surface area (Å²) in [5.74, 6) is -1.49. The Labute approximate surface area is 227 Å². The summed E-state index contributed by atoms with van der Waals surface area (Å²) >= 11 is 12.2. The molecular formula is C25H31Cl2FN4O4S. The molecule has 3 rings (SSSR count). The molecule has 37 heavy (non-hydrogen) atoms. The molecule has 1 aliphatic rings. The van der Waals surface area contributed by atoms with Gasteiger partial charge in [0.1, 0.15) is 18.4 Å². The number of amides is 2. The Balaban J connectivity index is 1.93. The van der Waals surface area contributed by atoms with Crippen LogP contribution < -0.4 is 9.62 Å². The molecule has 0 aromatic heterocycles. The molecule has 0 bridgehead atoms. The molecule has 0 radical (unpaired) electrons. The molecule has 0 saturated heterocycles. The zero-order chi connectivity index (χ0) is 27.3. The van der Waals surface area contributed by atoms with Gasteiger partial charge in [-0.25, -0.2) is 8.70 Å². The van der Waals surface area contributed by atoms with Crippen LogP contribution in [0, 0.1) is 5.82 Å². The maximum absolute atomic E-state index is 13.7. The number of carbonyl (C=O) groups is 2. The van der Waals surface area contributed by atoms with Crippen molar-refractivity contribution in [2.24, 2.45) is 0 Å². The van der Waals surface area contributed by atoms with E-state index in [-0.39, 0.29) is 29.2 Å². The third-order valence-electron chi connectivity index (χ3n) is 6.34. The summed E-state index contributed by atoms with van der Waals surface area (Å²) in [6.07, 6.45) is 3.80. The normalized spacial score (nSPS) is 15.0. The van der Waals surface area contributed by atoms with Crippen molar-refractivity contribution < 1.29 is 22.4 Å². The third kappa shape index (κ3) is 7.34. The molecule has 1 atom stereocenters. The van der Waals surface area contributed by atoms with Gasteiger partial charge in [0.05, 0.1) is 15.7 Å². The van der Waals surface area contributed by atoms with Crippen LogP contribution in [-0.4, -0.2) is 62.2 Å². The first-order valence-corrected chi connectivity index (χ1v) is 14.0. The summed E-state index contributed by atoms with van der Waals surface area (Å²) in [6.45, 7) is 0.991. The van der Waals surface area contributed by atoms with Gasteiger partial charge in [-0.05, 0) is 61.7 Å². The lowest BCUT2D eigenvalue weighted by molar-refractivity contribution is -0.139. The van der Waals surface area contributed by atoms with Crippen molar-refractivity contribution in [1.82, 2.24) is 14.5 Å². The Hall–Kier alpha value is -2.40. The number of anilines is 1. The van der Waals surface area contributed by atoms with Crippen LogP contribution in [0.4, 0.5) is 10.1 Å². The number of hydrogen-bond acceptors (Lipinski definition) is 4. The van der Waals surface area contributed by atoms with Crippen molar-refractivity contribution in [1.29, 1.82) is 0 Å². The van der Waals surface area contributed by atoms with E-state index in [1.807, 2.05) is 0 Å². The number of benzene rings is 2. The van der Waals surface area contributed by atoms with E-state index in [1.54, 1.807) is 25.1 Å². The van der Waals surface area contributed by atoms with E-state index in [9.17, 15) is 22.4 Å². The minimum atomic E-state index is -4.13. The van der Waals surface area contributed by atoms with Crippen molar-refractivity contribution >= 4 is 50.9 Å². The minimum Gasteiger partial charge on any atom is -0.352 e. The molecule has 12 heteroatoms. The van der Waals surface area contributed by atoms with Crippen LogP contribution >= 0.6 is 23.2 Å². The van der Waals surface area contributed by atoms with Gasteiger partial charge in [-0.2, -0.15) is 12.7 Å². The van der Waals surface area contributed by atoms with Crippen LogP contribution in [-0.2, 0) is 26.3 Å². The highest BCUT2D eigenvalue weighted by atomic mass is 35.5. The molecule has 1 aliphatic carbocycles. The van der Waals surface area contributed by atoms with Crippen molar-refractivity contribution in [2.75, 3.05) is 24.9 Å². The van der Waals surface area contributed by atoms with Crippen LogP contribution in [0.15, 0.2) is 42.5 Å². The largest absolute Gasteiger partial charge is 0.352 e.